The molecule has 9 heteroatoms. The molecule has 1 saturated heterocycles. The van der Waals surface area contributed by atoms with E-state index in [2.05, 4.69) is 10.6 Å². The molecule has 0 spiro atoms. The van der Waals surface area contributed by atoms with Gasteiger partial charge >= 0.3 is 0 Å². The maximum absolute atomic E-state index is 12.8. The van der Waals surface area contributed by atoms with Crippen molar-refractivity contribution >= 4 is 21.8 Å². The summed E-state index contributed by atoms with van der Waals surface area (Å²) >= 11 is 0. The Kier molecular flexibility index (Phi) is 7.20. The molecule has 1 fully saturated rings. The van der Waals surface area contributed by atoms with Crippen molar-refractivity contribution in [3.05, 3.63) is 23.8 Å². The largest absolute Gasteiger partial charge is 0.496 e. The Morgan fingerprint density at radius 2 is 2.07 bits per heavy atom. The summed E-state index contributed by atoms with van der Waals surface area (Å²) in [4.78, 5) is 24.1. The molecule has 150 valence electrons. The van der Waals surface area contributed by atoms with Gasteiger partial charge in [0.15, 0.2) is 0 Å². The molecule has 0 bridgehead atoms. The number of amides is 2. The third-order valence-electron chi connectivity index (χ3n) is 4.64. The van der Waals surface area contributed by atoms with Crippen LogP contribution in [0.15, 0.2) is 23.1 Å². The van der Waals surface area contributed by atoms with Crippen LogP contribution in [-0.2, 0) is 14.8 Å². The number of hydrogen-bond acceptors (Lipinski definition) is 6. The Labute approximate surface area is 160 Å². The number of hydrogen-bond donors (Lipinski definition) is 3. The highest BCUT2D eigenvalue weighted by atomic mass is 32.2. The SMILES string of the molecule is CCC(=O)NS(=O)(=O)c1ccc(OC)c(C(=O)NC(CC)C2CCCN2)c1. The fourth-order valence-corrected chi connectivity index (χ4v) is 4.18. The zero-order valence-corrected chi connectivity index (χ0v) is 16.7. The highest BCUT2D eigenvalue weighted by Gasteiger charge is 2.27. The lowest BCUT2D eigenvalue weighted by atomic mass is 10.0. The quantitative estimate of drug-likeness (QED) is 0.607. The lowest BCUT2D eigenvalue weighted by Gasteiger charge is -2.24. The minimum Gasteiger partial charge on any atom is -0.496 e. The van der Waals surface area contributed by atoms with E-state index in [1.165, 1.54) is 25.3 Å². The molecule has 0 radical (unpaired) electrons. The molecular formula is C18H27N3O5S. The van der Waals surface area contributed by atoms with E-state index in [4.69, 9.17) is 4.74 Å². The van der Waals surface area contributed by atoms with E-state index in [-0.39, 0.29) is 34.7 Å². The zero-order valence-electron chi connectivity index (χ0n) is 15.9. The molecule has 1 aromatic carbocycles. The van der Waals surface area contributed by atoms with Crippen molar-refractivity contribution in [2.45, 2.75) is 56.5 Å². The number of sulfonamides is 1. The smallest absolute Gasteiger partial charge is 0.264 e. The predicted molar refractivity (Wildman–Crippen MR) is 101 cm³/mol. The molecular weight excluding hydrogens is 370 g/mol. The monoisotopic (exact) mass is 397 g/mol. The topological polar surface area (TPSA) is 114 Å². The number of carbonyl (C=O) groups is 2. The van der Waals surface area contributed by atoms with Crippen LogP contribution in [0.3, 0.4) is 0 Å². The van der Waals surface area contributed by atoms with Gasteiger partial charge in [-0.3, -0.25) is 9.59 Å². The van der Waals surface area contributed by atoms with Crippen molar-refractivity contribution < 1.29 is 22.7 Å². The number of ether oxygens (including phenoxy) is 1. The fourth-order valence-electron chi connectivity index (χ4n) is 3.10. The second kappa shape index (κ2) is 9.18. The normalized spacial score (nSPS) is 18.0. The maximum atomic E-state index is 12.8. The van der Waals surface area contributed by atoms with Gasteiger partial charge in [0.05, 0.1) is 17.6 Å². The van der Waals surface area contributed by atoms with E-state index in [9.17, 15) is 18.0 Å². The van der Waals surface area contributed by atoms with Crippen molar-refractivity contribution in [2.75, 3.05) is 13.7 Å². The van der Waals surface area contributed by atoms with E-state index in [0.717, 1.165) is 25.8 Å². The molecule has 8 nitrogen and oxygen atoms in total. The number of rotatable bonds is 8. The van der Waals surface area contributed by atoms with Gasteiger partial charge in [0.2, 0.25) is 5.91 Å². The summed E-state index contributed by atoms with van der Waals surface area (Å²) in [7, 11) is -2.64. The van der Waals surface area contributed by atoms with Gasteiger partial charge in [0.1, 0.15) is 5.75 Å². The van der Waals surface area contributed by atoms with Crippen LogP contribution in [0.2, 0.25) is 0 Å². The van der Waals surface area contributed by atoms with Crippen LogP contribution in [0.25, 0.3) is 0 Å². The minimum absolute atomic E-state index is 0.0370. The second-order valence-electron chi connectivity index (χ2n) is 6.44. The van der Waals surface area contributed by atoms with Gasteiger partial charge < -0.3 is 15.4 Å². The third kappa shape index (κ3) is 5.20. The lowest BCUT2D eigenvalue weighted by Crippen LogP contribution is -2.47. The van der Waals surface area contributed by atoms with Gasteiger partial charge in [-0.25, -0.2) is 13.1 Å². The van der Waals surface area contributed by atoms with Gasteiger partial charge in [-0.1, -0.05) is 13.8 Å². The fraction of sp³-hybridized carbons (Fsp3) is 0.556. The van der Waals surface area contributed by atoms with E-state index in [0.29, 0.717) is 0 Å². The Bertz CT molecular complexity index is 788. The summed E-state index contributed by atoms with van der Waals surface area (Å²) in [6.45, 7) is 4.47. The number of methoxy groups -OCH3 is 1. The molecule has 0 aliphatic carbocycles. The Hall–Kier alpha value is -2.13. The number of nitrogens with one attached hydrogen (secondary N) is 3. The molecule has 27 heavy (non-hydrogen) atoms. The van der Waals surface area contributed by atoms with Crippen LogP contribution >= 0.6 is 0 Å². The van der Waals surface area contributed by atoms with E-state index >= 15 is 0 Å². The highest BCUT2D eigenvalue weighted by Crippen LogP contribution is 2.23. The Balaban J connectivity index is 2.28. The molecule has 2 atom stereocenters. The van der Waals surface area contributed by atoms with E-state index < -0.39 is 21.8 Å². The van der Waals surface area contributed by atoms with Crippen LogP contribution in [0.5, 0.6) is 5.75 Å². The number of benzene rings is 1. The predicted octanol–water partition coefficient (Wildman–Crippen LogP) is 1.17. The molecule has 3 N–H and O–H groups in total. The molecule has 1 aliphatic heterocycles. The first kappa shape index (κ1) is 21.2. The molecule has 0 saturated carbocycles. The summed E-state index contributed by atoms with van der Waals surface area (Å²) in [5.41, 5.74) is 0.112. The average molecular weight is 397 g/mol. The Morgan fingerprint density at radius 1 is 1.33 bits per heavy atom. The van der Waals surface area contributed by atoms with Gasteiger partial charge in [0, 0.05) is 18.5 Å². The summed E-state index contributed by atoms with van der Waals surface area (Å²) < 4.78 is 31.9. The van der Waals surface area contributed by atoms with Crippen molar-refractivity contribution in [3.8, 4) is 5.75 Å². The van der Waals surface area contributed by atoms with Crippen LogP contribution in [0.4, 0.5) is 0 Å². The summed E-state index contributed by atoms with van der Waals surface area (Å²) in [5, 5.41) is 6.33. The van der Waals surface area contributed by atoms with Crippen LogP contribution < -0.4 is 20.1 Å². The highest BCUT2D eigenvalue weighted by molar-refractivity contribution is 7.90. The molecule has 1 heterocycles. The summed E-state index contributed by atoms with van der Waals surface area (Å²) in [5.74, 6) is -0.760. The van der Waals surface area contributed by atoms with Gasteiger partial charge in [0.25, 0.3) is 15.9 Å². The molecule has 2 amide bonds. The molecule has 0 aromatic heterocycles. The van der Waals surface area contributed by atoms with Crippen LogP contribution in [0, 0.1) is 0 Å². The lowest BCUT2D eigenvalue weighted by molar-refractivity contribution is -0.119. The zero-order chi connectivity index (χ0) is 20.0. The Morgan fingerprint density at radius 3 is 2.63 bits per heavy atom. The van der Waals surface area contributed by atoms with Crippen molar-refractivity contribution in [1.82, 2.24) is 15.4 Å². The average Bonchev–Trinajstić information content (AvgIpc) is 3.19. The number of carbonyl (C=O) groups excluding carboxylic acids is 2. The van der Waals surface area contributed by atoms with Crippen molar-refractivity contribution in [1.29, 1.82) is 0 Å². The van der Waals surface area contributed by atoms with E-state index in [1.807, 2.05) is 11.6 Å². The van der Waals surface area contributed by atoms with Crippen LogP contribution in [0.1, 0.15) is 49.9 Å². The minimum atomic E-state index is -4.05. The third-order valence-corrected chi connectivity index (χ3v) is 6.01. The maximum Gasteiger partial charge on any atom is 0.264 e. The first-order chi connectivity index (χ1) is 12.8. The molecule has 1 aromatic rings. The summed E-state index contributed by atoms with van der Waals surface area (Å²) in [6, 6.07) is 4.07. The van der Waals surface area contributed by atoms with E-state index in [1.54, 1.807) is 6.92 Å². The second-order valence-corrected chi connectivity index (χ2v) is 8.12. The van der Waals surface area contributed by atoms with Gasteiger partial charge in [-0.05, 0) is 44.0 Å². The standard InChI is InChI=1S/C18H27N3O5S/c1-4-14(15-7-6-10-19-15)20-18(23)13-11-12(8-9-16(13)26-3)27(24,25)21-17(22)5-2/h8-9,11,14-15,19H,4-7,10H2,1-3H3,(H,20,23)(H,21,22). The molecule has 1 aliphatic rings. The van der Waals surface area contributed by atoms with Gasteiger partial charge in [-0.15, -0.1) is 0 Å². The summed E-state index contributed by atoms with van der Waals surface area (Å²) in [6.07, 6.45) is 2.82. The van der Waals surface area contributed by atoms with Crippen molar-refractivity contribution in [2.24, 2.45) is 0 Å². The molecule has 2 unspecified atom stereocenters. The first-order valence-electron chi connectivity index (χ1n) is 9.10. The van der Waals surface area contributed by atoms with Gasteiger partial charge in [-0.2, -0.15) is 0 Å². The molecule has 2 rings (SSSR count). The van der Waals surface area contributed by atoms with Crippen LogP contribution in [-0.4, -0.2) is 46.0 Å². The van der Waals surface area contributed by atoms with Crippen molar-refractivity contribution in [3.63, 3.8) is 0 Å². The first-order valence-corrected chi connectivity index (χ1v) is 10.6.